The number of rotatable bonds is 10. The lowest BCUT2D eigenvalue weighted by Crippen LogP contribution is -2.40. The molecule has 1 N–H and O–H groups in total. The van der Waals surface area contributed by atoms with Gasteiger partial charge in [0.25, 0.3) is 0 Å². The molecule has 0 saturated carbocycles. The largest absolute Gasteiger partial charge is 0.334 e. The van der Waals surface area contributed by atoms with Gasteiger partial charge in [-0.3, -0.25) is 9.58 Å². The van der Waals surface area contributed by atoms with E-state index in [1.54, 1.807) is 15.8 Å². The number of aryl methyl sites for hydroxylation is 1. The van der Waals surface area contributed by atoms with E-state index in [4.69, 9.17) is 0 Å². The number of unbranched alkanes of at least 4 members (excludes halogenated alkanes) is 4. The molecule has 0 aliphatic rings. The standard InChI is InChI=1S/C24H31N5O/c1-3-4-5-6-10-15-29(24(30)26-16-20-11-8-7-9-12-20)23-14-13-21(17-25-23)22-18-27-28(2)19-22/h7-9,11-14,17-19H,3-6,10,15-16H2,1-2H3,(H,26,30). The van der Waals surface area contributed by atoms with Crippen LogP contribution in [0.4, 0.5) is 10.6 Å². The molecule has 0 spiro atoms. The van der Waals surface area contributed by atoms with E-state index in [9.17, 15) is 4.79 Å². The van der Waals surface area contributed by atoms with Gasteiger partial charge in [-0.1, -0.05) is 62.9 Å². The van der Waals surface area contributed by atoms with Crippen LogP contribution in [0.25, 0.3) is 11.1 Å². The molecule has 2 heterocycles. The number of nitrogens with one attached hydrogen (secondary N) is 1. The first kappa shape index (κ1) is 21.6. The van der Waals surface area contributed by atoms with E-state index in [0.717, 1.165) is 29.5 Å². The third-order valence-corrected chi connectivity index (χ3v) is 5.08. The van der Waals surface area contributed by atoms with Gasteiger partial charge in [0.05, 0.1) is 6.20 Å². The molecule has 3 rings (SSSR count). The molecule has 2 amide bonds. The predicted octanol–water partition coefficient (Wildman–Crippen LogP) is 5.17. The third kappa shape index (κ3) is 6.17. The molecule has 0 bridgehead atoms. The smallest absolute Gasteiger partial charge is 0.323 e. The predicted molar refractivity (Wildman–Crippen MR) is 121 cm³/mol. The lowest BCUT2D eigenvalue weighted by atomic mass is 10.1. The molecule has 0 atom stereocenters. The number of aromatic nitrogens is 3. The molecule has 158 valence electrons. The van der Waals surface area contributed by atoms with Gasteiger partial charge < -0.3 is 5.32 Å². The fraction of sp³-hybridized carbons (Fsp3) is 0.375. The topological polar surface area (TPSA) is 63.1 Å². The van der Waals surface area contributed by atoms with Crippen LogP contribution in [0.1, 0.15) is 44.6 Å². The highest BCUT2D eigenvalue weighted by Crippen LogP contribution is 2.21. The minimum absolute atomic E-state index is 0.115. The molecule has 6 heteroatoms. The molecule has 0 aliphatic heterocycles. The monoisotopic (exact) mass is 405 g/mol. The molecule has 2 aromatic heterocycles. The van der Waals surface area contributed by atoms with Crippen LogP contribution in [0, 0.1) is 0 Å². The molecule has 0 radical (unpaired) electrons. The van der Waals surface area contributed by atoms with Crippen molar-refractivity contribution in [2.24, 2.45) is 7.05 Å². The van der Waals surface area contributed by atoms with Crippen molar-refractivity contribution in [1.82, 2.24) is 20.1 Å². The average molecular weight is 406 g/mol. The Balaban J connectivity index is 1.68. The summed E-state index contributed by atoms with van der Waals surface area (Å²) in [5, 5.41) is 7.24. The van der Waals surface area contributed by atoms with Crippen molar-refractivity contribution >= 4 is 11.8 Å². The quantitative estimate of drug-likeness (QED) is 0.473. The van der Waals surface area contributed by atoms with Gasteiger partial charge in [-0.15, -0.1) is 0 Å². The van der Waals surface area contributed by atoms with Crippen LogP contribution in [-0.4, -0.2) is 27.3 Å². The van der Waals surface area contributed by atoms with Crippen LogP contribution in [0.15, 0.2) is 61.1 Å². The number of hydrogen-bond donors (Lipinski definition) is 1. The third-order valence-electron chi connectivity index (χ3n) is 5.08. The van der Waals surface area contributed by atoms with Crippen molar-refractivity contribution in [3.8, 4) is 11.1 Å². The van der Waals surface area contributed by atoms with Crippen molar-refractivity contribution in [1.29, 1.82) is 0 Å². The van der Waals surface area contributed by atoms with Crippen molar-refractivity contribution in [3.63, 3.8) is 0 Å². The maximum atomic E-state index is 13.0. The van der Waals surface area contributed by atoms with Crippen LogP contribution in [-0.2, 0) is 13.6 Å². The molecule has 0 aliphatic carbocycles. The summed E-state index contributed by atoms with van der Waals surface area (Å²) < 4.78 is 1.77. The molecular formula is C24H31N5O. The van der Waals surface area contributed by atoms with E-state index < -0.39 is 0 Å². The summed E-state index contributed by atoms with van der Waals surface area (Å²) in [5.41, 5.74) is 3.07. The minimum Gasteiger partial charge on any atom is -0.334 e. The average Bonchev–Trinajstić information content (AvgIpc) is 3.22. The number of carbonyl (C=O) groups excluding carboxylic acids is 1. The fourth-order valence-electron chi connectivity index (χ4n) is 3.35. The minimum atomic E-state index is -0.115. The molecule has 0 fully saturated rings. The highest BCUT2D eigenvalue weighted by atomic mass is 16.2. The van der Waals surface area contributed by atoms with Gasteiger partial charge >= 0.3 is 6.03 Å². The van der Waals surface area contributed by atoms with Crippen LogP contribution in [0.2, 0.25) is 0 Å². The highest BCUT2D eigenvalue weighted by molar-refractivity contribution is 5.91. The van der Waals surface area contributed by atoms with E-state index in [2.05, 4.69) is 22.3 Å². The Morgan fingerprint density at radius 3 is 2.47 bits per heavy atom. The van der Waals surface area contributed by atoms with Crippen LogP contribution in [0.5, 0.6) is 0 Å². The summed E-state index contributed by atoms with van der Waals surface area (Å²) in [4.78, 5) is 19.3. The van der Waals surface area contributed by atoms with E-state index in [1.807, 2.05) is 61.9 Å². The Kier molecular flexibility index (Phi) is 8.01. The van der Waals surface area contributed by atoms with Gasteiger partial charge in [0.15, 0.2) is 0 Å². The number of pyridine rings is 1. The summed E-state index contributed by atoms with van der Waals surface area (Å²) in [5.74, 6) is 0.670. The summed E-state index contributed by atoms with van der Waals surface area (Å²) >= 11 is 0. The SMILES string of the molecule is CCCCCCCN(C(=O)NCc1ccccc1)c1ccc(-c2cnn(C)c2)cn1. The van der Waals surface area contributed by atoms with Crippen LogP contribution >= 0.6 is 0 Å². The van der Waals surface area contributed by atoms with Gasteiger partial charge in [-0.25, -0.2) is 9.78 Å². The normalized spacial score (nSPS) is 10.7. The molecule has 3 aromatic rings. The first-order valence-corrected chi connectivity index (χ1v) is 10.7. The number of hydrogen-bond acceptors (Lipinski definition) is 3. The van der Waals surface area contributed by atoms with Gasteiger partial charge in [0.1, 0.15) is 5.82 Å². The lowest BCUT2D eigenvalue weighted by Gasteiger charge is -2.22. The molecular weight excluding hydrogens is 374 g/mol. The summed E-state index contributed by atoms with van der Waals surface area (Å²) in [6, 6.07) is 13.7. The van der Waals surface area contributed by atoms with Crippen molar-refractivity contribution < 1.29 is 4.79 Å². The van der Waals surface area contributed by atoms with Crippen LogP contribution in [0.3, 0.4) is 0 Å². The zero-order valence-corrected chi connectivity index (χ0v) is 17.9. The molecule has 0 unspecified atom stereocenters. The number of anilines is 1. The van der Waals surface area contributed by atoms with E-state index in [0.29, 0.717) is 18.9 Å². The second-order valence-corrected chi connectivity index (χ2v) is 7.52. The Morgan fingerprint density at radius 1 is 1.00 bits per heavy atom. The second-order valence-electron chi connectivity index (χ2n) is 7.52. The zero-order chi connectivity index (χ0) is 21.2. The summed E-state index contributed by atoms with van der Waals surface area (Å²) in [6.45, 7) is 3.36. The second kappa shape index (κ2) is 11.1. The van der Waals surface area contributed by atoms with Crippen LogP contribution < -0.4 is 10.2 Å². The van der Waals surface area contributed by atoms with Crippen molar-refractivity contribution in [2.45, 2.75) is 45.6 Å². The summed E-state index contributed by atoms with van der Waals surface area (Å²) in [6.07, 6.45) is 11.3. The Hall–Kier alpha value is -3.15. The van der Waals surface area contributed by atoms with Crippen molar-refractivity contribution in [3.05, 3.63) is 66.6 Å². The number of amides is 2. The van der Waals surface area contributed by atoms with Gasteiger partial charge in [-0.2, -0.15) is 5.10 Å². The first-order valence-electron chi connectivity index (χ1n) is 10.7. The maximum Gasteiger partial charge on any atom is 0.323 e. The maximum absolute atomic E-state index is 13.0. The Labute approximate surface area is 178 Å². The lowest BCUT2D eigenvalue weighted by molar-refractivity contribution is 0.245. The summed E-state index contributed by atoms with van der Waals surface area (Å²) in [7, 11) is 1.89. The number of benzene rings is 1. The van der Waals surface area contributed by atoms with Gasteiger partial charge in [0, 0.05) is 43.7 Å². The Morgan fingerprint density at radius 2 is 1.80 bits per heavy atom. The number of urea groups is 1. The number of carbonyl (C=O) groups is 1. The molecule has 1 aromatic carbocycles. The molecule has 0 saturated heterocycles. The molecule has 30 heavy (non-hydrogen) atoms. The number of nitrogens with zero attached hydrogens (tertiary/aromatic N) is 4. The van der Waals surface area contributed by atoms with E-state index >= 15 is 0 Å². The van der Waals surface area contributed by atoms with E-state index in [1.165, 1.54) is 19.3 Å². The zero-order valence-electron chi connectivity index (χ0n) is 17.9. The van der Waals surface area contributed by atoms with E-state index in [-0.39, 0.29) is 6.03 Å². The highest BCUT2D eigenvalue weighted by Gasteiger charge is 2.17. The van der Waals surface area contributed by atoms with Gasteiger partial charge in [-0.05, 0) is 24.1 Å². The van der Waals surface area contributed by atoms with Gasteiger partial charge in [0.2, 0.25) is 0 Å². The molecule has 6 nitrogen and oxygen atoms in total. The fourth-order valence-corrected chi connectivity index (χ4v) is 3.35. The van der Waals surface area contributed by atoms with Crippen molar-refractivity contribution in [2.75, 3.05) is 11.4 Å². The Bertz CT molecular complexity index is 905. The first-order chi connectivity index (χ1) is 14.7.